The van der Waals surface area contributed by atoms with Gasteiger partial charge in [-0.1, -0.05) is 48.8 Å². The maximum atomic E-state index is 12.2. The Morgan fingerprint density at radius 1 is 1.00 bits per heavy atom. The number of hydrogen-bond donors (Lipinski definition) is 2. The van der Waals surface area contributed by atoms with Crippen LogP contribution in [0.25, 0.3) is 0 Å². The second-order valence-corrected chi connectivity index (χ2v) is 8.26. The van der Waals surface area contributed by atoms with Crippen LogP contribution in [0.3, 0.4) is 0 Å². The summed E-state index contributed by atoms with van der Waals surface area (Å²) < 4.78 is 0.941. The number of carbonyl (C=O) groups is 2. The van der Waals surface area contributed by atoms with E-state index in [2.05, 4.69) is 52.5 Å². The van der Waals surface area contributed by atoms with Gasteiger partial charge in [-0.15, -0.1) is 0 Å². The summed E-state index contributed by atoms with van der Waals surface area (Å²) >= 11 is 3.35. The fraction of sp³-hybridized carbons (Fsp3) is 0.286. The lowest BCUT2D eigenvalue weighted by Gasteiger charge is -2.18. The second kappa shape index (κ2) is 8.95. The molecular weight excluding hydrogens is 406 g/mol. The van der Waals surface area contributed by atoms with Crippen LogP contribution in [0.5, 0.6) is 0 Å². The largest absolute Gasteiger partial charge is 0.326 e. The van der Waals surface area contributed by atoms with Gasteiger partial charge in [0.15, 0.2) is 0 Å². The number of halogens is 1. The smallest absolute Gasteiger partial charge is 0.271 e. The first-order valence-corrected chi connectivity index (χ1v) is 9.44. The van der Waals surface area contributed by atoms with Crippen LogP contribution in [0, 0.1) is 0 Å². The zero-order chi connectivity index (χ0) is 20.0. The molecule has 0 saturated heterocycles. The molecule has 5 nitrogen and oxygen atoms in total. The lowest BCUT2D eigenvalue weighted by molar-refractivity contribution is -0.115. The third-order valence-electron chi connectivity index (χ3n) is 3.91. The molecule has 0 aromatic heterocycles. The van der Waals surface area contributed by atoms with Gasteiger partial charge in [0.25, 0.3) is 5.91 Å². The standard InChI is InChI=1S/C21H24BrN3O2/c1-14(13-19(26)23-18-11-9-17(22)10-12-18)24-25-20(27)15-5-7-16(8-6-15)21(2,3)4/h5-12H,13H2,1-4H3,(H,23,26)(H,25,27)/b24-14-. The number of carbonyl (C=O) groups excluding carboxylic acids is 2. The summed E-state index contributed by atoms with van der Waals surface area (Å²) in [6.45, 7) is 8.06. The zero-order valence-corrected chi connectivity index (χ0v) is 17.6. The van der Waals surface area contributed by atoms with Crippen molar-refractivity contribution in [3.8, 4) is 0 Å². The van der Waals surface area contributed by atoms with Gasteiger partial charge in [0.05, 0.1) is 6.42 Å². The van der Waals surface area contributed by atoms with Crippen molar-refractivity contribution in [1.29, 1.82) is 0 Å². The molecule has 2 amide bonds. The van der Waals surface area contributed by atoms with Gasteiger partial charge in [0.1, 0.15) is 0 Å². The first-order valence-electron chi connectivity index (χ1n) is 8.64. The van der Waals surface area contributed by atoms with Crippen molar-refractivity contribution in [2.45, 2.75) is 39.5 Å². The molecule has 2 aromatic rings. The minimum absolute atomic E-state index is 0.0337. The quantitative estimate of drug-likeness (QED) is 0.524. The summed E-state index contributed by atoms with van der Waals surface area (Å²) in [4.78, 5) is 24.2. The molecule has 0 heterocycles. The van der Waals surface area contributed by atoms with Gasteiger partial charge in [-0.2, -0.15) is 5.10 Å². The highest BCUT2D eigenvalue weighted by molar-refractivity contribution is 9.10. The van der Waals surface area contributed by atoms with E-state index in [0.29, 0.717) is 17.0 Å². The molecule has 0 atom stereocenters. The number of nitrogens with one attached hydrogen (secondary N) is 2. The van der Waals surface area contributed by atoms with E-state index in [1.165, 1.54) is 0 Å². The number of hydrogen-bond acceptors (Lipinski definition) is 3. The summed E-state index contributed by atoms with van der Waals surface area (Å²) in [5.41, 5.74) is 5.44. The Labute approximate surface area is 168 Å². The average molecular weight is 430 g/mol. The summed E-state index contributed by atoms with van der Waals surface area (Å²) in [5.74, 6) is -0.495. The van der Waals surface area contributed by atoms with E-state index in [9.17, 15) is 9.59 Å². The van der Waals surface area contributed by atoms with Gasteiger partial charge in [-0.3, -0.25) is 9.59 Å². The molecule has 6 heteroatoms. The lowest BCUT2D eigenvalue weighted by atomic mass is 9.87. The van der Waals surface area contributed by atoms with Crippen LogP contribution in [-0.2, 0) is 10.2 Å². The first kappa shape index (κ1) is 20.8. The van der Waals surface area contributed by atoms with E-state index in [0.717, 1.165) is 10.0 Å². The molecule has 0 radical (unpaired) electrons. The zero-order valence-electron chi connectivity index (χ0n) is 16.0. The minimum Gasteiger partial charge on any atom is -0.326 e. The lowest BCUT2D eigenvalue weighted by Crippen LogP contribution is -2.21. The molecule has 0 spiro atoms. The predicted molar refractivity (Wildman–Crippen MR) is 113 cm³/mol. The minimum atomic E-state index is -0.303. The van der Waals surface area contributed by atoms with Gasteiger partial charge in [-0.05, 0) is 54.3 Å². The summed E-state index contributed by atoms with van der Waals surface area (Å²) in [5, 5.41) is 6.80. The molecule has 0 aliphatic carbocycles. The third kappa shape index (κ3) is 6.64. The maximum absolute atomic E-state index is 12.2. The fourth-order valence-corrected chi connectivity index (χ4v) is 2.61. The number of amides is 2. The Hall–Kier alpha value is -2.47. The highest BCUT2D eigenvalue weighted by Crippen LogP contribution is 2.22. The number of hydrazone groups is 1. The second-order valence-electron chi connectivity index (χ2n) is 7.35. The highest BCUT2D eigenvalue weighted by Gasteiger charge is 2.14. The highest BCUT2D eigenvalue weighted by atomic mass is 79.9. The number of anilines is 1. The van der Waals surface area contributed by atoms with Crippen LogP contribution in [-0.4, -0.2) is 17.5 Å². The molecule has 2 rings (SSSR count). The fourth-order valence-electron chi connectivity index (χ4n) is 2.34. The van der Waals surface area contributed by atoms with Crippen molar-refractivity contribution < 1.29 is 9.59 Å². The topological polar surface area (TPSA) is 70.6 Å². The molecule has 27 heavy (non-hydrogen) atoms. The van der Waals surface area contributed by atoms with Gasteiger partial charge in [-0.25, -0.2) is 5.43 Å². The van der Waals surface area contributed by atoms with Crippen LogP contribution in [0.15, 0.2) is 58.1 Å². The monoisotopic (exact) mass is 429 g/mol. The van der Waals surface area contributed by atoms with Crippen LogP contribution in [0.2, 0.25) is 0 Å². The van der Waals surface area contributed by atoms with Crippen LogP contribution in [0.4, 0.5) is 5.69 Å². The van der Waals surface area contributed by atoms with Gasteiger partial charge in [0, 0.05) is 21.4 Å². The molecule has 0 aliphatic heterocycles. The van der Waals surface area contributed by atoms with Crippen LogP contribution >= 0.6 is 15.9 Å². The molecule has 142 valence electrons. The Balaban J connectivity index is 1.89. The predicted octanol–water partition coefficient (Wildman–Crippen LogP) is 4.88. The van der Waals surface area contributed by atoms with E-state index in [1.807, 2.05) is 24.3 Å². The number of nitrogens with zero attached hydrogens (tertiary/aromatic N) is 1. The molecule has 0 bridgehead atoms. The van der Waals surface area contributed by atoms with Gasteiger partial charge in [0.2, 0.25) is 5.91 Å². The van der Waals surface area contributed by atoms with Crippen LogP contribution < -0.4 is 10.7 Å². The molecule has 0 fully saturated rings. The van der Waals surface area contributed by atoms with E-state index >= 15 is 0 Å². The van der Waals surface area contributed by atoms with Crippen molar-refractivity contribution in [3.63, 3.8) is 0 Å². The Bertz CT molecular complexity index is 835. The Morgan fingerprint density at radius 3 is 2.15 bits per heavy atom. The molecule has 0 aliphatic rings. The summed E-state index contributed by atoms with van der Waals surface area (Å²) in [7, 11) is 0. The van der Waals surface area contributed by atoms with E-state index in [1.54, 1.807) is 31.2 Å². The molecule has 2 aromatic carbocycles. The summed E-state index contributed by atoms with van der Waals surface area (Å²) in [6.07, 6.45) is 0.0965. The van der Waals surface area contributed by atoms with E-state index in [4.69, 9.17) is 0 Å². The van der Waals surface area contributed by atoms with Crippen molar-refractivity contribution in [2.24, 2.45) is 5.10 Å². The third-order valence-corrected chi connectivity index (χ3v) is 4.43. The van der Waals surface area contributed by atoms with Crippen molar-refractivity contribution >= 4 is 39.1 Å². The number of rotatable bonds is 5. The van der Waals surface area contributed by atoms with E-state index < -0.39 is 0 Å². The number of benzene rings is 2. The Morgan fingerprint density at radius 2 is 1.59 bits per heavy atom. The van der Waals surface area contributed by atoms with Crippen molar-refractivity contribution in [3.05, 3.63) is 64.1 Å². The first-order chi connectivity index (χ1) is 12.6. The summed E-state index contributed by atoms with van der Waals surface area (Å²) in [6, 6.07) is 14.7. The molecule has 0 unspecified atom stereocenters. The van der Waals surface area contributed by atoms with Gasteiger partial charge >= 0.3 is 0 Å². The average Bonchev–Trinajstić information content (AvgIpc) is 2.61. The van der Waals surface area contributed by atoms with Gasteiger partial charge < -0.3 is 5.32 Å². The molecule has 2 N–H and O–H groups in total. The van der Waals surface area contributed by atoms with Crippen molar-refractivity contribution in [2.75, 3.05) is 5.32 Å². The molecular formula is C21H24BrN3O2. The van der Waals surface area contributed by atoms with Crippen LogP contribution in [0.1, 0.15) is 50.0 Å². The Kier molecular flexibility index (Phi) is 6.91. The normalized spacial score (nSPS) is 11.8. The maximum Gasteiger partial charge on any atom is 0.271 e. The molecule has 0 saturated carbocycles. The SMILES string of the molecule is C/C(CC(=O)Nc1ccc(Br)cc1)=N/NC(=O)c1ccc(C(C)(C)C)cc1. The van der Waals surface area contributed by atoms with Crippen molar-refractivity contribution in [1.82, 2.24) is 5.43 Å². The van der Waals surface area contributed by atoms with E-state index in [-0.39, 0.29) is 23.7 Å².